The number of carbonyl (C=O) groups excluding carboxylic acids is 1. The number of fused-ring (bicyclic) bond motifs is 1. The summed E-state index contributed by atoms with van der Waals surface area (Å²) in [5.41, 5.74) is 10.5. The van der Waals surface area contributed by atoms with Crippen LogP contribution in [0.5, 0.6) is 11.5 Å². The topological polar surface area (TPSA) is 137 Å². The Labute approximate surface area is 235 Å². The van der Waals surface area contributed by atoms with Gasteiger partial charge in [-0.2, -0.15) is 5.10 Å². The summed E-state index contributed by atoms with van der Waals surface area (Å²) < 4.78 is 14.0. The summed E-state index contributed by atoms with van der Waals surface area (Å²) in [6.45, 7) is 0.567. The molecule has 192 valence electrons. The van der Waals surface area contributed by atoms with Gasteiger partial charge in [0.15, 0.2) is 11.5 Å². The maximum atomic E-state index is 12.5. The van der Waals surface area contributed by atoms with E-state index < -0.39 is 5.97 Å². The summed E-state index contributed by atoms with van der Waals surface area (Å²) >= 11 is 0. The number of ether oxygens (including phenoxy) is 2. The van der Waals surface area contributed by atoms with Crippen LogP contribution in [0, 0.1) is 0 Å². The van der Waals surface area contributed by atoms with Crippen LogP contribution in [0.4, 0.5) is 5.95 Å². The third kappa shape index (κ3) is 5.67. The Balaban J connectivity index is 0.00000353. The van der Waals surface area contributed by atoms with Crippen molar-refractivity contribution in [3.8, 4) is 22.8 Å². The molecule has 0 aliphatic rings. The van der Waals surface area contributed by atoms with E-state index in [1.54, 1.807) is 38.5 Å². The number of nitrogens with two attached hydrogens (primary N) is 1. The minimum Gasteiger partial charge on any atom is -0.545 e. The van der Waals surface area contributed by atoms with Crippen LogP contribution in [0.1, 0.15) is 21.5 Å². The summed E-state index contributed by atoms with van der Waals surface area (Å²) in [6.07, 6.45) is 0. The first kappa shape index (κ1) is 27.5. The van der Waals surface area contributed by atoms with E-state index in [0.29, 0.717) is 40.8 Å². The van der Waals surface area contributed by atoms with Crippen LogP contribution >= 0.6 is 0 Å². The molecule has 5 aromatic rings. The Morgan fingerprint density at radius 3 is 2.33 bits per heavy atom. The van der Waals surface area contributed by atoms with E-state index in [4.69, 9.17) is 15.2 Å². The van der Waals surface area contributed by atoms with E-state index in [1.165, 1.54) is 22.9 Å². The maximum Gasteiger partial charge on any atom is 1.00 e. The van der Waals surface area contributed by atoms with Gasteiger partial charge in [0, 0.05) is 23.8 Å². The monoisotopic (exact) mass is 517 g/mol. The molecule has 0 aliphatic heterocycles. The number of carboxylic acids is 1. The van der Waals surface area contributed by atoms with Gasteiger partial charge in [-0.1, -0.05) is 36.4 Å². The van der Waals surface area contributed by atoms with E-state index in [-0.39, 0.29) is 36.5 Å². The molecule has 2 N–H and O–H groups in total. The quantitative estimate of drug-likeness (QED) is 0.268. The van der Waals surface area contributed by atoms with Crippen LogP contribution in [0.2, 0.25) is 0 Å². The molecule has 0 radical (unpaired) electrons. The SMILES string of the molecule is COc1cc2nc(N)n(Cc3cccc(-c4ccc(=O)n(Cc5cccc(C(=O)[O-])c5)n4)c3)c2cc1OC.[Li+]. The molecule has 5 rings (SSSR count). The smallest absolute Gasteiger partial charge is 0.545 e. The number of aromatic nitrogens is 4. The molecule has 2 heterocycles. The van der Waals surface area contributed by atoms with Crippen LogP contribution in [-0.2, 0) is 13.1 Å². The third-order valence-corrected chi connectivity index (χ3v) is 6.21. The molecule has 0 amide bonds. The van der Waals surface area contributed by atoms with Gasteiger partial charge in [0.1, 0.15) is 0 Å². The van der Waals surface area contributed by atoms with Crippen molar-refractivity contribution < 1.29 is 38.2 Å². The number of aromatic carboxylic acids is 1. The molecule has 0 atom stereocenters. The van der Waals surface area contributed by atoms with Gasteiger partial charge in [-0.3, -0.25) is 4.79 Å². The number of rotatable bonds is 8. The number of hydrogen-bond acceptors (Lipinski definition) is 8. The first-order valence-corrected chi connectivity index (χ1v) is 11.7. The van der Waals surface area contributed by atoms with E-state index in [0.717, 1.165) is 16.6 Å². The van der Waals surface area contributed by atoms with Crippen molar-refractivity contribution in [2.75, 3.05) is 20.0 Å². The van der Waals surface area contributed by atoms with Gasteiger partial charge < -0.3 is 29.7 Å². The van der Waals surface area contributed by atoms with Crippen molar-refractivity contribution in [3.63, 3.8) is 0 Å². The zero-order valence-corrected chi connectivity index (χ0v) is 21.7. The molecule has 3 aromatic carbocycles. The molecular formula is C28H24LiN5O5. The van der Waals surface area contributed by atoms with Crippen LogP contribution in [0.25, 0.3) is 22.3 Å². The van der Waals surface area contributed by atoms with Crippen molar-refractivity contribution in [2.45, 2.75) is 13.1 Å². The predicted molar refractivity (Wildman–Crippen MR) is 140 cm³/mol. The molecule has 39 heavy (non-hydrogen) atoms. The standard InChI is InChI=1S/C28H25N5O5.Li/c1-37-24-13-22-23(14-25(24)38-2)32(28(29)30-22)15-17-5-3-7-19(11-17)21-9-10-26(34)33(31-21)16-18-6-4-8-20(12-18)27(35)36;/h3-14H,15-16H2,1-2H3,(H2,29,30)(H,35,36);/q;+1/p-1. The summed E-state index contributed by atoms with van der Waals surface area (Å²) in [5.74, 6) is 0.221. The van der Waals surface area contributed by atoms with E-state index >= 15 is 0 Å². The van der Waals surface area contributed by atoms with Gasteiger partial charge in [-0.25, -0.2) is 9.67 Å². The average Bonchev–Trinajstić information content (AvgIpc) is 3.22. The van der Waals surface area contributed by atoms with Crippen LogP contribution in [0.15, 0.2) is 77.6 Å². The third-order valence-electron chi connectivity index (χ3n) is 6.21. The molecule has 11 heteroatoms. The van der Waals surface area contributed by atoms with Gasteiger partial charge in [0.2, 0.25) is 5.95 Å². The van der Waals surface area contributed by atoms with Crippen LogP contribution < -0.4 is 44.7 Å². The average molecular weight is 517 g/mol. The molecule has 0 saturated carbocycles. The Hall–Kier alpha value is -4.52. The molecule has 0 fully saturated rings. The zero-order chi connectivity index (χ0) is 26.8. The Morgan fingerprint density at radius 1 is 0.923 bits per heavy atom. The molecule has 0 aliphatic carbocycles. The number of nitrogen functional groups attached to an aromatic ring is 1. The number of carbonyl (C=O) groups is 1. The Morgan fingerprint density at radius 2 is 1.62 bits per heavy atom. The van der Waals surface area contributed by atoms with E-state index in [2.05, 4.69) is 10.1 Å². The fourth-order valence-corrected chi connectivity index (χ4v) is 4.33. The van der Waals surface area contributed by atoms with Crippen molar-refractivity contribution >= 4 is 23.0 Å². The van der Waals surface area contributed by atoms with Gasteiger partial charge in [0.05, 0.1) is 50.0 Å². The van der Waals surface area contributed by atoms with E-state index in [1.807, 2.05) is 34.9 Å². The summed E-state index contributed by atoms with van der Waals surface area (Å²) in [7, 11) is 3.14. The molecule has 10 nitrogen and oxygen atoms in total. The number of benzene rings is 3. The Kier molecular flexibility index (Phi) is 8.09. The minimum atomic E-state index is -1.28. The summed E-state index contributed by atoms with van der Waals surface area (Å²) in [6, 6.07) is 20.7. The fraction of sp³-hybridized carbons (Fsp3) is 0.143. The molecular weight excluding hydrogens is 493 g/mol. The van der Waals surface area contributed by atoms with Crippen molar-refractivity contribution in [3.05, 3.63) is 99.8 Å². The van der Waals surface area contributed by atoms with Gasteiger partial charge in [-0.15, -0.1) is 0 Å². The maximum absolute atomic E-state index is 12.5. The molecule has 0 spiro atoms. The number of methoxy groups -OCH3 is 2. The number of hydrogen-bond donors (Lipinski definition) is 1. The van der Waals surface area contributed by atoms with Crippen LogP contribution in [0.3, 0.4) is 0 Å². The van der Waals surface area contributed by atoms with Gasteiger partial charge in [0.25, 0.3) is 5.56 Å². The number of imidazole rings is 1. The Bertz CT molecular complexity index is 1730. The summed E-state index contributed by atoms with van der Waals surface area (Å²) in [5, 5.41) is 15.7. The second-order valence-corrected chi connectivity index (χ2v) is 8.65. The molecule has 0 bridgehead atoms. The predicted octanol–water partition coefficient (Wildman–Crippen LogP) is -0.676. The van der Waals surface area contributed by atoms with Crippen LogP contribution in [-0.4, -0.2) is 39.5 Å². The molecule has 0 unspecified atom stereocenters. The minimum absolute atomic E-state index is 0. The van der Waals surface area contributed by atoms with Crippen molar-refractivity contribution in [1.82, 2.24) is 19.3 Å². The molecule has 0 saturated heterocycles. The zero-order valence-electron chi connectivity index (χ0n) is 21.7. The van der Waals surface area contributed by atoms with Gasteiger partial charge >= 0.3 is 18.9 Å². The second-order valence-electron chi connectivity index (χ2n) is 8.65. The fourth-order valence-electron chi connectivity index (χ4n) is 4.33. The first-order valence-electron chi connectivity index (χ1n) is 11.7. The number of nitrogens with zero attached hydrogens (tertiary/aromatic N) is 4. The van der Waals surface area contributed by atoms with E-state index in [9.17, 15) is 14.7 Å². The van der Waals surface area contributed by atoms with Crippen molar-refractivity contribution in [2.24, 2.45) is 0 Å². The largest absolute Gasteiger partial charge is 1.00 e. The first-order chi connectivity index (χ1) is 18.4. The number of anilines is 1. The van der Waals surface area contributed by atoms with Gasteiger partial charge in [-0.05, 0) is 34.9 Å². The van der Waals surface area contributed by atoms with Crippen molar-refractivity contribution in [1.29, 1.82) is 0 Å². The molecule has 2 aromatic heterocycles. The normalized spacial score (nSPS) is 10.7. The number of carboxylic acid groups (broad SMARTS) is 1. The summed E-state index contributed by atoms with van der Waals surface area (Å²) in [4.78, 5) is 28.1. The second kappa shape index (κ2) is 11.5.